The second-order valence-corrected chi connectivity index (χ2v) is 4.30. The van der Waals surface area contributed by atoms with Crippen LogP contribution in [0.4, 0.5) is 5.69 Å². The van der Waals surface area contributed by atoms with Gasteiger partial charge >= 0.3 is 0 Å². The van der Waals surface area contributed by atoms with Crippen LogP contribution in [0.1, 0.15) is 29.3 Å². The number of nitrogens with two attached hydrogens (primary N) is 1. The molecule has 0 aromatic heterocycles. The quantitative estimate of drug-likeness (QED) is 0.659. The Hall–Kier alpha value is -2.29. The first-order valence-corrected chi connectivity index (χ1v) is 6.34. The lowest BCUT2D eigenvalue weighted by molar-refractivity contribution is 0.103. The van der Waals surface area contributed by atoms with Crippen LogP contribution in [0, 0.1) is 0 Å². The Labute approximate surface area is 113 Å². The number of anilines is 1. The number of ketones is 1. The molecule has 2 N–H and O–H groups in total. The minimum absolute atomic E-state index is 0.0330. The number of nitrogen functional groups attached to an aromatic ring is 1. The Morgan fingerprint density at radius 3 is 2.47 bits per heavy atom. The van der Waals surface area contributed by atoms with Crippen LogP contribution in [0.3, 0.4) is 0 Å². The molecule has 0 radical (unpaired) electrons. The minimum Gasteiger partial charge on any atom is -0.491 e. The summed E-state index contributed by atoms with van der Waals surface area (Å²) in [5.74, 6) is 0.598. The molecule has 98 valence electrons. The normalized spacial score (nSPS) is 10.2. The van der Waals surface area contributed by atoms with Gasteiger partial charge in [0, 0.05) is 11.1 Å². The average Bonchev–Trinajstić information content (AvgIpc) is 2.46. The van der Waals surface area contributed by atoms with Crippen molar-refractivity contribution in [2.24, 2.45) is 0 Å². The number of rotatable bonds is 5. The maximum Gasteiger partial charge on any atom is 0.193 e. The third-order valence-corrected chi connectivity index (χ3v) is 2.77. The smallest absolute Gasteiger partial charge is 0.193 e. The van der Waals surface area contributed by atoms with E-state index in [4.69, 9.17) is 10.5 Å². The molecule has 3 heteroatoms. The molecular formula is C16H17NO2. The highest BCUT2D eigenvalue weighted by atomic mass is 16.5. The number of hydrogen-bond acceptors (Lipinski definition) is 3. The van der Waals surface area contributed by atoms with Gasteiger partial charge in [0.1, 0.15) is 5.75 Å². The predicted octanol–water partition coefficient (Wildman–Crippen LogP) is 3.29. The van der Waals surface area contributed by atoms with Crippen molar-refractivity contribution in [1.29, 1.82) is 0 Å². The van der Waals surface area contributed by atoms with Crippen LogP contribution in [-0.4, -0.2) is 12.4 Å². The Balaban J connectivity index is 2.22. The molecule has 0 heterocycles. The minimum atomic E-state index is -0.0330. The summed E-state index contributed by atoms with van der Waals surface area (Å²) in [6.07, 6.45) is 0.921. The molecule has 0 spiro atoms. The summed E-state index contributed by atoms with van der Waals surface area (Å²) < 4.78 is 5.49. The van der Waals surface area contributed by atoms with E-state index < -0.39 is 0 Å². The second kappa shape index (κ2) is 6.05. The molecule has 0 aliphatic rings. The van der Waals surface area contributed by atoms with E-state index in [2.05, 4.69) is 0 Å². The van der Waals surface area contributed by atoms with Crippen LogP contribution in [0.25, 0.3) is 0 Å². The van der Waals surface area contributed by atoms with Gasteiger partial charge in [-0.1, -0.05) is 37.3 Å². The molecule has 2 aromatic carbocycles. The number of carbonyl (C=O) groups is 1. The molecule has 0 aliphatic carbocycles. The highest BCUT2D eigenvalue weighted by Gasteiger charge is 2.10. The van der Waals surface area contributed by atoms with E-state index in [-0.39, 0.29) is 5.78 Å². The highest BCUT2D eigenvalue weighted by molar-refractivity contribution is 6.09. The zero-order valence-electron chi connectivity index (χ0n) is 10.9. The van der Waals surface area contributed by atoms with Crippen LogP contribution >= 0.6 is 0 Å². The molecule has 3 nitrogen and oxygen atoms in total. The van der Waals surface area contributed by atoms with Gasteiger partial charge in [-0.2, -0.15) is 0 Å². The summed E-state index contributed by atoms with van der Waals surface area (Å²) >= 11 is 0. The molecule has 0 saturated carbocycles. The molecule has 0 bridgehead atoms. The lowest BCUT2D eigenvalue weighted by Gasteiger charge is -2.09. The standard InChI is InChI=1S/C16H17NO2/c1-2-10-19-15-9-8-13(11-14(15)17)16(18)12-6-4-3-5-7-12/h3-9,11H,2,10,17H2,1H3. The van der Waals surface area contributed by atoms with Gasteiger partial charge in [0.25, 0.3) is 0 Å². The number of hydrogen-bond donors (Lipinski definition) is 1. The number of benzene rings is 2. The average molecular weight is 255 g/mol. The fourth-order valence-corrected chi connectivity index (χ4v) is 1.79. The van der Waals surface area contributed by atoms with E-state index in [0.717, 1.165) is 6.42 Å². The van der Waals surface area contributed by atoms with Crippen molar-refractivity contribution in [3.05, 3.63) is 59.7 Å². The SMILES string of the molecule is CCCOc1ccc(C(=O)c2ccccc2)cc1N. The summed E-state index contributed by atoms with van der Waals surface area (Å²) in [7, 11) is 0. The van der Waals surface area contributed by atoms with Gasteiger partial charge in [0.15, 0.2) is 5.78 Å². The second-order valence-electron chi connectivity index (χ2n) is 4.30. The lowest BCUT2D eigenvalue weighted by Crippen LogP contribution is -2.04. The Bertz CT molecular complexity index is 564. The maximum atomic E-state index is 12.2. The molecule has 19 heavy (non-hydrogen) atoms. The van der Waals surface area contributed by atoms with E-state index in [1.54, 1.807) is 30.3 Å². The van der Waals surface area contributed by atoms with Gasteiger partial charge in [-0.15, -0.1) is 0 Å². The van der Waals surface area contributed by atoms with E-state index in [9.17, 15) is 4.79 Å². The van der Waals surface area contributed by atoms with Crippen molar-refractivity contribution in [3.63, 3.8) is 0 Å². The Kier molecular flexibility index (Phi) is 4.18. The van der Waals surface area contributed by atoms with Gasteiger partial charge in [-0.05, 0) is 24.6 Å². The topological polar surface area (TPSA) is 52.3 Å². The van der Waals surface area contributed by atoms with Gasteiger partial charge in [0.2, 0.25) is 0 Å². The van der Waals surface area contributed by atoms with Crippen molar-refractivity contribution >= 4 is 11.5 Å². The zero-order valence-corrected chi connectivity index (χ0v) is 10.9. The van der Waals surface area contributed by atoms with Crippen molar-refractivity contribution in [2.45, 2.75) is 13.3 Å². The summed E-state index contributed by atoms with van der Waals surface area (Å²) in [5.41, 5.74) is 7.63. The van der Waals surface area contributed by atoms with Crippen LogP contribution in [0.5, 0.6) is 5.75 Å². The first kappa shape index (κ1) is 13.1. The fraction of sp³-hybridized carbons (Fsp3) is 0.188. The zero-order chi connectivity index (χ0) is 13.7. The van der Waals surface area contributed by atoms with Crippen LogP contribution < -0.4 is 10.5 Å². The summed E-state index contributed by atoms with van der Waals surface area (Å²) in [4.78, 5) is 12.2. The monoisotopic (exact) mass is 255 g/mol. The first-order chi connectivity index (χ1) is 9.22. The molecule has 0 amide bonds. The number of ether oxygens (including phenoxy) is 1. The van der Waals surface area contributed by atoms with Crippen molar-refractivity contribution in [2.75, 3.05) is 12.3 Å². The predicted molar refractivity (Wildman–Crippen MR) is 76.5 cm³/mol. The van der Waals surface area contributed by atoms with Gasteiger partial charge < -0.3 is 10.5 Å². The Morgan fingerprint density at radius 2 is 1.84 bits per heavy atom. The molecular weight excluding hydrogens is 238 g/mol. The molecule has 0 saturated heterocycles. The summed E-state index contributed by atoms with van der Waals surface area (Å²) in [6.45, 7) is 2.65. The van der Waals surface area contributed by atoms with Crippen LogP contribution in [-0.2, 0) is 0 Å². The maximum absolute atomic E-state index is 12.2. The molecule has 0 unspecified atom stereocenters. The van der Waals surface area contributed by atoms with Crippen LogP contribution in [0.2, 0.25) is 0 Å². The molecule has 0 fully saturated rings. The van der Waals surface area contributed by atoms with Crippen molar-refractivity contribution < 1.29 is 9.53 Å². The third-order valence-electron chi connectivity index (χ3n) is 2.77. The van der Waals surface area contributed by atoms with E-state index in [1.807, 2.05) is 25.1 Å². The van der Waals surface area contributed by atoms with Crippen LogP contribution in [0.15, 0.2) is 48.5 Å². The number of carbonyl (C=O) groups excluding carboxylic acids is 1. The molecule has 2 rings (SSSR count). The van der Waals surface area contributed by atoms with E-state index >= 15 is 0 Å². The summed E-state index contributed by atoms with van der Waals surface area (Å²) in [6, 6.07) is 14.3. The largest absolute Gasteiger partial charge is 0.491 e. The van der Waals surface area contributed by atoms with Gasteiger partial charge in [0.05, 0.1) is 12.3 Å². The molecule has 0 atom stereocenters. The lowest BCUT2D eigenvalue weighted by atomic mass is 10.0. The van der Waals surface area contributed by atoms with E-state index in [1.165, 1.54) is 0 Å². The third kappa shape index (κ3) is 3.13. The van der Waals surface area contributed by atoms with Crippen molar-refractivity contribution in [3.8, 4) is 5.75 Å². The highest BCUT2D eigenvalue weighted by Crippen LogP contribution is 2.24. The molecule has 2 aromatic rings. The van der Waals surface area contributed by atoms with Crippen molar-refractivity contribution in [1.82, 2.24) is 0 Å². The molecule has 0 aliphatic heterocycles. The van der Waals surface area contributed by atoms with E-state index in [0.29, 0.717) is 29.2 Å². The fourth-order valence-electron chi connectivity index (χ4n) is 1.79. The van der Waals surface area contributed by atoms with Gasteiger partial charge in [-0.3, -0.25) is 4.79 Å². The van der Waals surface area contributed by atoms with Gasteiger partial charge in [-0.25, -0.2) is 0 Å². The first-order valence-electron chi connectivity index (χ1n) is 6.34. The Morgan fingerprint density at radius 1 is 1.11 bits per heavy atom. The summed E-state index contributed by atoms with van der Waals surface area (Å²) in [5, 5.41) is 0.